The summed E-state index contributed by atoms with van der Waals surface area (Å²) in [6.45, 7) is 7.88. The SMILES string of the molecule is C=C(C)C(=O)OCCCCC(CCCCCCCC)C(OC)(OC)OC. The van der Waals surface area contributed by atoms with E-state index in [1.807, 2.05) is 0 Å². The Bertz CT molecular complexity index is 368. The minimum atomic E-state index is -1.00. The number of ether oxygens (including phenoxy) is 4. The van der Waals surface area contributed by atoms with Crippen LogP contribution < -0.4 is 0 Å². The Balaban J connectivity index is 4.40. The van der Waals surface area contributed by atoms with Gasteiger partial charge in [-0.25, -0.2) is 4.79 Å². The highest BCUT2D eigenvalue weighted by molar-refractivity contribution is 5.86. The van der Waals surface area contributed by atoms with E-state index in [0.29, 0.717) is 12.2 Å². The molecule has 0 aliphatic rings. The Morgan fingerprint density at radius 1 is 0.885 bits per heavy atom. The highest BCUT2D eigenvalue weighted by atomic mass is 16.9. The number of methoxy groups -OCH3 is 3. The lowest BCUT2D eigenvalue weighted by Crippen LogP contribution is -2.44. The molecule has 5 heteroatoms. The van der Waals surface area contributed by atoms with Gasteiger partial charge in [-0.3, -0.25) is 0 Å². The molecule has 0 saturated heterocycles. The van der Waals surface area contributed by atoms with Crippen LogP contribution in [0.5, 0.6) is 0 Å². The monoisotopic (exact) mass is 372 g/mol. The van der Waals surface area contributed by atoms with Gasteiger partial charge in [0.25, 0.3) is 5.97 Å². The van der Waals surface area contributed by atoms with Crippen LogP contribution >= 0.6 is 0 Å². The quantitative estimate of drug-likeness (QED) is 0.151. The Morgan fingerprint density at radius 3 is 1.88 bits per heavy atom. The summed E-state index contributed by atoms with van der Waals surface area (Å²) in [5.41, 5.74) is 0.433. The summed E-state index contributed by atoms with van der Waals surface area (Å²) in [7, 11) is 4.86. The highest BCUT2D eigenvalue weighted by Crippen LogP contribution is 2.32. The fourth-order valence-electron chi connectivity index (χ4n) is 3.20. The Kier molecular flexibility index (Phi) is 14.6. The number of hydrogen-bond acceptors (Lipinski definition) is 5. The molecule has 0 amide bonds. The normalized spacial score (nSPS) is 12.8. The van der Waals surface area contributed by atoms with Crippen LogP contribution in [0.4, 0.5) is 0 Å². The van der Waals surface area contributed by atoms with Gasteiger partial charge in [0.15, 0.2) is 0 Å². The van der Waals surface area contributed by atoms with Gasteiger partial charge < -0.3 is 18.9 Å². The van der Waals surface area contributed by atoms with E-state index in [1.54, 1.807) is 28.3 Å². The highest BCUT2D eigenvalue weighted by Gasteiger charge is 2.39. The average Bonchev–Trinajstić information content (AvgIpc) is 2.64. The summed E-state index contributed by atoms with van der Waals surface area (Å²) in [5.74, 6) is -1.18. The predicted octanol–water partition coefficient (Wildman–Crippen LogP) is 5.24. The van der Waals surface area contributed by atoms with Gasteiger partial charge >= 0.3 is 5.97 Å². The third-order valence-corrected chi connectivity index (χ3v) is 4.79. The molecule has 0 heterocycles. The molecule has 0 bridgehead atoms. The first-order chi connectivity index (χ1) is 12.5. The maximum Gasteiger partial charge on any atom is 0.333 e. The zero-order chi connectivity index (χ0) is 19.8. The van der Waals surface area contributed by atoms with Crippen molar-refractivity contribution in [2.45, 2.75) is 84.0 Å². The lowest BCUT2D eigenvalue weighted by atomic mass is 9.92. The average molecular weight is 373 g/mol. The van der Waals surface area contributed by atoms with Crippen LogP contribution in [-0.4, -0.2) is 39.9 Å². The number of hydrogen-bond donors (Lipinski definition) is 0. The van der Waals surface area contributed by atoms with E-state index in [2.05, 4.69) is 13.5 Å². The lowest BCUT2D eigenvalue weighted by molar-refractivity contribution is -0.380. The van der Waals surface area contributed by atoms with Crippen molar-refractivity contribution in [2.75, 3.05) is 27.9 Å². The molecule has 0 saturated carbocycles. The van der Waals surface area contributed by atoms with Crippen molar-refractivity contribution >= 4 is 5.97 Å². The van der Waals surface area contributed by atoms with Crippen molar-refractivity contribution in [3.8, 4) is 0 Å². The van der Waals surface area contributed by atoms with Gasteiger partial charge in [-0.1, -0.05) is 52.0 Å². The van der Waals surface area contributed by atoms with Crippen molar-refractivity contribution in [3.05, 3.63) is 12.2 Å². The van der Waals surface area contributed by atoms with Crippen LogP contribution in [0, 0.1) is 5.92 Å². The third kappa shape index (κ3) is 9.70. The van der Waals surface area contributed by atoms with Crippen LogP contribution in [0.3, 0.4) is 0 Å². The smallest absolute Gasteiger partial charge is 0.333 e. The first kappa shape index (κ1) is 25.1. The van der Waals surface area contributed by atoms with Crippen LogP contribution in [0.1, 0.15) is 78.1 Å². The van der Waals surface area contributed by atoms with Crippen molar-refractivity contribution in [3.63, 3.8) is 0 Å². The predicted molar refractivity (Wildman–Crippen MR) is 105 cm³/mol. The van der Waals surface area contributed by atoms with Crippen molar-refractivity contribution in [1.82, 2.24) is 0 Å². The molecule has 0 fully saturated rings. The van der Waals surface area contributed by atoms with E-state index >= 15 is 0 Å². The largest absolute Gasteiger partial charge is 0.462 e. The third-order valence-electron chi connectivity index (χ3n) is 4.79. The first-order valence-electron chi connectivity index (χ1n) is 9.95. The van der Waals surface area contributed by atoms with Crippen molar-refractivity contribution < 1.29 is 23.7 Å². The zero-order valence-electron chi connectivity index (χ0n) is 17.6. The minimum Gasteiger partial charge on any atom is -0.462 e. The Hall–Kier alpha value is -0.910. The molecule has 5 nitrogen and oxygen atoms in total. The van der Waals surface area contributed by atoms with Crippen LogP contribution in [0.2, 0.25) is 0 Å². The van der Waals surface area contributed by atoms with E-state index in [1.165, 1.54) is 32.1 Å². The fourth-order valence-corrected chi connectivity index (χ4v) is 3.20. The molecule has 0 N–H and O–H groups in total. The summed E-state index contributed by atoms with van der Waals surface area (Å²) in [6, 6.07) is 0. The van der Waals surface area contributed by atoms with Crippen LogP contribution in [0.25, 0.3) is 0 Å². The second-order valence-corrected chi connectivity index (χ2v) is 6.88. The van der Waals surface area contributed by atoms with Gasteiger partial charge in [-0.2, -0.15) is 0 Å². The van der Waals surface area contributed by atoms with E-state index < -0.39 is 5.97 Å². The molecule has 0 rings (SSSR count). The molecular formula is C21H40O5. The molecule has 0 aliphatic carbocycles. The van der Waals surface area contributed by atoms with Crippen molar-refractivity contribution in [1.29, 1.82) is 0 Å². The Labute approximate surface area is 160 Å². The molecule has 0 aromatic carbocycles. The summed E-state index contributed by atoms with van der Waals surface area (Å²) >= 11 is 0. The number of rotatable bonds is 17. The van der Waals surface area contributed by atoms with E-state index in [4.69, 9.17) is 18.9 Å². The molecule has 0 radical (unpaired) electrons. The first-order valence-corrected chi connectivity index (χ1v) is 9.95. The van der Waals surface area contributed by atoms with Gasteiger partial charge in [-0.15, -0.1) is 0 Å². The van der Waals surface area contributed by atoms with Crippen LogP contribution in [0.15, 0.2) is 12.2 Å². The second-order valence-electron chi connectivity index (χ2n) is 6.88. The minimum absolute atomic E-state index is 0.144. The van der Waals surface area contributed by atoms with Crippen molar-refractivity contribution in [2.24, 2.45) is 5.92 Å². The summed E-state index contributed by atoms with van der Waals surface area (Å²) < 4.78 is 21.9. The molecule has 0 aromatic heterocycles. The standard InChI is InChI=1S/C21H40O5/c1-7-8-9-10-11-12-15-19(21(23-4,24-5)25-6)16-13-14-17-26-20(22)18(2)3/h19H,2,7-17H2,1,3-6H3. The summed E-state index contributed by atoms with van der Waals surface area (Å²) in [4.78, 5) is 11.4. The molecule has 0 aromatic rings. The van der Waals surface area contributed by atoms with Gasteiger partial charge in [0, 0.05) is 32.8 Å². The zero-order valence-corrected chi connectivity index (χ0v) is 17.6. The van der Waals surface area contributed by atoms with E-state index in [-0.39, 0.29) is 11.9 Å². The van der Waals surface area contributed by atoms with E-state index in [0.717, 1.165) is 32.1 Å². The second kappa shape index (κ2) is 15.2. The van der Waals surface area contributed by atoms with Gasteiger partial charge in [0.1, 0.15) is 0 Å². The van der Waals surface area contributed by atoms with Gasteiger partial charge in [-0.05, 0) is 32.6 Å². The molecule has 0 spiro atoms. The van der Waals surface area contributed by atoms with Crippen LogP contribution in [-0.2, 0) is 23.7 Å². The number of esters is 1. The summed E-state index contributed by atoms with van der Waals surface area (Å²) in [6.07, 6.45) is 11.1. The van der Waals surface area contributed by atoms with Gasteiger partial charge in [0.2, 0.25) is 0 Å². The number of unbranched alkanes of at least 4 members (excludes halogenated alkanes) is 6. The van der Waals surface area contributed by atoms with Gasteiger partial charge in [0.05, 0.1) is 6.61 Å². The molecule has 154 valence electrons. The molecule has 1 unspecified atom stereocenters. The van der Waals surface area contributed by atoms with E-state index in [9.17, 15) is 4.79 Å². The maximum atomic E-state index is 11.4. The molecule has 1 atom stereocenters. The number of carbonyl (C=O) groups excluding carboxylic acids is 1. The lowest BCUT2D eigenvalue weighted by Gasteiger charge is -2.36. The topological polar surface area (TPSA) is 54.0 Å². The number of carbonyl (C=O) groups is 1. The summed E-state index contributed by atoms with van der Waals surface area (Å²) in [5, 5.41) is 0. The molecule has 26 heavy (non-hydrogen) atoms. The fraction of sp³-hybridized carbons (Fsp3) is 0.857. The maximum absolute atomic E-state index is 11.4. The molecular weight excluding hydrogens is 332 g/mol. The molecule has 0 aliphatic heterocycles. The Morgan fingerprint density at radius 2 is 1.38 bits per heavy atom.